The Hall–Kier alpha value is -3.43. The Bertz CT molecular complexity index is 1280. The van der Waals surface area contributed by atoms with Crippen LogP contribution in [0.5, 0.6) is 0 Å². The van der Waals surface area contributed by atoms with E-state index in [0.29, 0.717) is 22.3 Å². The summed E-state index contributed by atoms with van der Waals surface area (Å²) >= 11 is 6.05. The zero-order chi connectivity index (χ0) is 21.1. The normalized spacial score (nSPS) is 11.3. The van der Waals surface area contributed by atoms with Crippen molar-refractivity contribution in [1.29, 1.82) is 0 Å². The van der Waals surface area contributed by atoms with Gasteiger partial charge in [-0.1, -0.05) is 17.7 Å². The maximum atomic E-state index is 12.6. The molecule has 2 aromatic carbocycles. The third kappa shape index (κ3) is 4.42. The summed E-state index contributed by atoms with van der Waals surface area (Å²) < 4.78 is 29.5. The van der Waals surface area contributed by atoms with E-state index < -0.39 is 10.0 Å². The van der Waals surface area contributed by atoms with Gasteiger partial charge in [0, 0.05) is 34.9 Å². The topological polar surface area (TPSA) is 102 Å². The number of nitrogens with one attached hydrogen (secondary N) is 2. The molecule has 8 nitrogen and oxygen atoms in total. The van der Waals surface area contributed by atoms with Gasteiger partial charge in [-0.25, -0.2) is 23.4 Å². The molecule has 0 amide bonds. The average molecular weight is 441 g/mol. The second-order valence-corrected chi connectivity index (χ2v) is 8.54. The molecule has 152 valence electrons. The van der Waals surface area contributed by atoms with Crippen LogP contribution in [0.1, 0.15) is 5.56 Å². The van der Waals surface area contributed by atoms with Gasteiger partial charge in [0.15, 0.2) is 0 Å². The number of benzene rings is 2. The SMILES string of the molecule is Cc1ccc(S(=O)(=O)Nc2ccc(Nc3cc(-n4ccnc4)ncn3)cc2)cc1Cl. The van der Waals surface area contributed by atoms with Crippen LogP contribution in [0.3, 0.4) is 0 Å². The highest BCUT2D eigenvalue weighted by atomic mass is 35.5. The first kappa shape index (κ1) is 19.9. The fraction of sp³-hybridized carbons (Fsp3) is 0.0500. The highest BCUT2D eigenvalue weighted by molar-refractivity contribution is 7.92. The van der Waals surface area contributed by atoms with Crippen LogP contribution < -0.4 is 10.0 Å². The Balaban J connectivity index is 1.48. The predicted molar refractivity (Wildman–Crippen MR) is 116 cm³/mol. The van der Waals surface area contributed by atoms with Gasteiger partial charge in [-0.3, -0.25) is 9.29 Å². The number of halogens is 1. The van der Waals surface area contributed by atoms with Crippen LogP contribution in [0.2, 0.25) is 5.02 Å². The molecule has 30 heavy (non-hydrogen) atoms. The Labute approximate surface area is 178 Å². The van der Waals surface area contributed by atoms with Crippen molar-refractivity contribution < 1.29 is 8.42 Å². The Morgan fingerprint density at radius 2 is 1.77 bits per heavy atom. The number of anilines is 3. The smallest absolute Gasteiger partial charge is 0.261 e. The molecule has 10 heteroatoms. The van der Waals surface area contributed by atoms with Crippen molar-refractivity contribution in [3.8, 4) is 5.82 Å². The number of sulfonamides is 1. The van der Waals surface area contributed by atoms with E-state index >= 15 is 0 Å². The summed E-state index contributed by atoms with van der Waals surface area (Å²) in [6, 6.07) is 13.2. The molecule has 2 N–H and O–H groups in total. The van der Waals surface area contributed by atoms with E-state index in [1.165, 1.54) is 18.5 Å². The maximum absolute atomic E-state index is 12.6. The molecular weight excluding hydrogens is 424 g/mol. The van der Waals surface area contributed by atoms with Gasteiger partial charge in [-0.15, -0.1) is 0 Å². The largest absolute Gasteiger partial charge is 0.340 e. The first-order valence-electron chi connectivity index (χ1n) is 8.87. The molecule has 0 aliphatic carbocycles. The molecular formula is C20H17ClN6O2S. The zero-order valence-electron chi connectivity index (χ0n) is 15.8. The van der Waals surface area contributed by atoms with Crippen molar-refractivity contribution in [2.75, 3.05) is 10.0 Å². The molecule has 4 aromatic rings. The van der Waals surface area contributed by atoms with Gasteiger partial charge >= 0.3 is 0 Å². The van der Waals surface area contributed by atoms with Crippen molar-refractivity contribution in [2.24, 2.45) is 0 Å². The number of nitrogens with zero attached hydrogens (tertiary/aromatic N) is 4. The van der Waals surface area contributed by atoms with Crippen molar-refractivity contribution in [1.82, 2.24) is 19.5 Å². The monoisotopic (exact) mass is 440 g/mol. The lowest BCUT2D eigenvalue weighted by molar-refractivity contribution is 0.601. The van der Waals surface area contributed by atoms with Gasteiger partial charge in [-0.05, 0) is 48.9 Å². The highest BCUT2D eigenvalue weighted by Gasteiger charge is 2.15. The first-order valence-corrected chi connectivity index (χ1v) is 10.7. The minimum Gasteiger partial charge on any atom is -0.340 e. The van der Waals surface area contributed by atoms with E-state index in [9.17, 15) is 8.42 Å². The molecule has 0 atom stereocenters. The van der Waals surface area contributed by atoms with Crippen LogP contribution in [0.4, 0.5) is 17.2 Å². The maximum Gasteiger partial charge on any atom is 0.261 e. The van der Waals surface area contributed by atoms with E-state index in [1.54, 1.807) is 59.7 Å². The van der Waals surface area contributed by atoms with Crippen molar-refractivity contribution in [2.45, 2.75) is 11.8 Å². The highest BCUT2D eigenvalue weighted by Crippen LogP contribution is 2.24. The summed E-state index contributed by atoms with van der Waals surface area (Å²) in [6.45, 7) is 1.81. The molecule has 0 spiro atoms. The number of aromatic nitrogens is 4. The van der Waals surface area contributed by atoms with Gasteiger partial charge in [0.05, 0.1) is 4.90 Å². The van der Waals surface area contributed by atoms with Gasteiger partial charge in [-0.2, -0.15) is 0 Å². The van der Waals surface area contributed by atoms with E-state index in [0.717, 1.165) is 11.3 Å². The molecule has 0 saturated heterocycles. The fourth-order valence-electron chi connectivity index (χ4n) is 2.68. The lowest BCUT2D eigenvalue weighted by Gasteiger charge is -2.11. The van der Waals surface area contributed by atoms with Crippen molar-refractivity contribution >= 4 is 38.8 Å². The predicted octanol–water partition coefficient (Wildman–Crippen LogP) is 4.17. The molecule has 2 heterocycles. The third-order valence-electron chi connectivity index (χ3n) is 4.28. The Kier molecular flexibility index (Phi) is 5.39. The van der Waals surface area contributed by atoms with Gasteiger partial charge < -0.3 is 5.32 Å². The molecule has 0 radical (unpaired) electrons. The number of hydrogen-bond donors (Lipinski definition) is 2. The van der Waals surface area contributed by atoms with Crippen LogP contribution in [0.15, 0.2) is 78.5 Å². The van der Waals surface area contributed by atoms with Crippen LogP contribution >= 0.6 is 11.6 Å². The molecule has 0 saturated carbocycles. The van der Waals surface area contributed by atoms with E-state index in [-0.39, 0.29) is 4.90 Å². The van der Waals surface area contributed by atoms with Gasteiger partial charge in [0.1, 0.15) is 24.3 Å². The third-order valence-corrected chi connectivity index (χ3v) is 6.07. The first-order chi connectivity index (χ1) is 14.4. The summed E-state index contributed by atoms with van der Waals surface area (Å²) in [4.78, 5) is 12.5. The average Bonchev–Trinajstić information content (AvgIpc) is 3.26. The van der Waals surface area contributed by atoms with Crippen LogP contribution in [-0.4, -0.2) is 27.9 Å². The summed E-state index contributed by atoms with van der Waals surface area (Å²) in [5, 5.41) is 3.56. The minimum absolute atomic E-state index is 0.105. The fourth-order valence-corrected chi connectivity index (χ4v) is 4.01. The molecule has 2 aromatic heterocycles. The molecule has 0 aliphatic heterocycles. The van der Waals surface area contributed by atoms with Crippen LogP contribution in [-0.2, 0) is 10.0 Å². The molecule has 4 rings (SSSR count). The molecule has 0 unspecified atom stereocenters. The van der Waals surface area contributed by atoms with Gasteiger partial charge in [0.2, 0.25) is 0 Å². The quantitative estimate of drug-likeness (QED) is 0.466. The number of imidazole rings is 1. The Morgan fingerprint density at radius 1 is 1.00 bits per heavy atom. The number of hydrogen-bond acceptors (Lipinski definition) is 6. The second kappa shape index (κ2) is 8.13. The summed E-state index contributed by atoms with van der Waals surface area (Å²) in [5.41, 5.74) is 1.98. The van der Waals surface area contributed by atoms with Gasteiger partial charge in [0.25, 0.3) is 10.0 Å². The lowest BCUT2D eigenvalue weighted by Crippen LogP contribution is -2.13. The van der Waals surface area contributed by atoms with E-state index in [2.05, 4.69) is 25.0 Å². The number of rotatable bonds is 6. The van der Waals surface area contributed by atoms with E-state index in [4.69, 9.17) is 11.6 Å². The van der Waals surface area contributed by atoms with Crippen LogP contribution in [0.25, 0.3) is 5.82 Å². The van der Waals surface area contributed by atoms with Crippen molar-refractivity contribution in [3.63, 3.8) is 0 Å². The molecule has 0 bridgehead atoms. The van der Waals surface area contributed by atoms with E-state index in [1.807, 2.05) is 6.92 Å². The summed E-state index contributed by atoms with van der Waals surface area (Å²) in [6.07, 6.45) is 6.55. The van der Waals surface area contributed by atoms with Crippen molar-refractivity contribution in [3.05, 3.63) is 84.2 Å². The zero-order valence-corrected chi connectivity index (χ0v) is 17.4. The lowest BCUT2D eigenvalue weighted by atomic mass is 10.2. The minimum atomic E-state index is -3.74. The molecule has 0 fully saturated rings. The van der Waals surface area contributed by atoms with Crippen LogP contribution in [0, 0.1) is 6.92 Å². The number of aryl methyl sites for hydroxylation is 1. The standard InChI is InChI=1S/C20H17ClN6O2S/c1-14-2-7-17(10-18(14)21)30(28,29)26-16-5-3-15(4-6-16)25-19-11-20(24-12-23-19)27-9-8-22-13-27/h2-13,26H,1H3,(H,23,24,25). The summed E-state index contributed by atoms with van der Waals surface area (Å²) in [7, 11) is -3.74. The summed E-state index contributed by atoms with van der Waals surface area (Å²) in [5.74, 6) is 1.27. The molecule has 0 aliphatic rings. The second-order valence-electron chi connectivity index (χ2n) is 6.45. The Morgan fingerprint density at radius 3 is 2.47 bits per heavy atom.